The van der Waals surface area contributed by atoms with Gasteiger partial charge in [0, 0.05) is 18.1 Å². The molecule has 2 unspecified atom stereocenters. The van der Waals surface area contributed by atoms with Crippen LogP contribution < -0.4 is 5.73 Å². The van der Waals surface area contributed by atoms with Gasteiger partial charge in [0.1, 0.15) is 0 Å². The molecular formula is C9H17N2. The van der Waals surface area contributed by atoms with Gasteiger partial charge in [0.15, 0.2) is 0 Å². The molecule has 2 bridgehead atoms. The molecule has 0 aromatic heterocycles. The lowest BCUT2D eigenvalue weighted by Crippen LogP contribution is -2.44. The van der Waals surface area contributed by atoms with Crippen LogP contribution in [0, 0.1) is 0 Å². The summed E-state index contributed by atoms with van der Waals surface area (Å²) in [5.74, 6) is 0. The van der Waals surface area contributed by atoms with Gasteiger partial charge in [-0.05, 0) is 32.2 Å². The number of hydrogen-bond donors (Lipinski definition) is 0. The van der Waals surface area contributed by atoms with E-state index in [1.54, 1.807) is 0 Å². The third kappa shape index (κ3) is 1.18. The molecule has 0 aliphatic carbocycles. The van der Waals surface area contributed by atoms with Gasteiger partial charge in [-0.15, -0.1) is 0 Å². The molecule has 0 aromatic rings. The Labute approximate surface area is 68.7 Å². The van der Waals surface area contributed by atoms with Crippen LogP contribution in [-0.2, 0) is 0 Å². The van der Waals surface area contributed by atoms with Gasteiger partial charge in [0.25, 0.3) is 0 Å². The highest BCUT2D eigenvalue weighted by atomic mass is 15.2. The van der Waals surface area contributed by atoms with E-state index < -0.39 is 0 Å². The number of piperidine rings is 1. The number of nitrogens with one attached hydrogen (secondary N) is 1. The second-order valence-electron chi connectivity index (χ2n) is 3.88. The van der Waals surface area contributed by atoms with Gasteiger partial charge in [-0.25, -0.2) is 0 Å². The molecule has 2 saturated heterocycles. The van der Waals surface area contributed by atoms with E-state index in [-0.39, 0.29) is 6.04 Å². The second kappa shape index (κ2) is 2.76. The first kappa shape index (κ1) is 7.56. The van der Waals surface area contributed by atoms with Gasteiger partial charge in [-0.3, -0.25) is 10.6 Å². The standard InChI is InChI=1S/C9H17N2/c1-2-11-8-3-4-9(11)6-7(10)5-8/h7-10H,2-6H2,1H3. The Hall–Kier alpha value is -0.0800. The first-order chi connectivity index (χ1) is 5.31. The Morgan fingerprint density at radius 3 is 2.27 bits per heavy atom. The normalized spacial score (nSPS) is 44.7. The Kier molecular flexibility index (Phi) is 1.90. The highest BCUT2D eigenvalue weighted by Crippen LogP contribution is 2.34. The summed E-state index contributed by atoms with van der Waals surface area (Å²) in [6.45, 7) is 3.44. The van der Waals surface area contributed by atoms with Gasteiger partial charge in [-0.1, -0.05) is 6.92 Å². The van der Waals surface area contributed by atoms with Gasteiger partial charge in [0.2, 0.25) is 0 Å². The average molecular weight is 153 g/mol. The van der Waals surface area contributed by atoms with E-state index in [2.05, 4.69) is 11.8 Å². The van der Waals surface area contributed by atoms with Crippen LogP contribution in [-0.4, -0.2) is 29.6 Å². The van der Waals surface area contributed by atoms with E-state index in [1.165, 1.54) is 19.4 Å². The molecule has 63 valence electrons. The van der Waals surface area contributed by atoms with Crippen LogP contribution in [0.4, 0.5) is 0 Å². The summed E-state index contributed by atoms with van der Waals surface area (Å²) in [7, 11) is 0. The second-order valence-corrected chi connectivity index (χ2v) is 3.88. The van der Waals surface area contributed by atoms with Crippen LogP contribution >= 0.6 is 0 Å². The molecule has 0 aromatic carbocycles. The topological polar surface area (TPSA) is 27.0 Å². The monoisotopic (exact) mass is 153 g/mol. The van der Waals surface area contributed by atoms with Crippen molar-refractivity contribution in [1.82, 2.24) is 10.6 Å². The van der Waals surface area contributed by atoms with Crippen LogP contribution in [0.15, 0.2) is 0 Å². The zero-order valence-corrected chi connectivity index (χ0v) is 7.21. The molecule has 2 atom stereocenters. The Morgan fingerprint density at radius 2 is 1.82 bits per heavy atom. The highest BCUT2D eigenvalue weighted by Gasteiger charge is 2.38. The van der Waals surface area contributed by atoms with Crippen molar-refractivity contribution in [3.05, 3.63) is 0 Å². The summed E-state index contributed by atoms with van der Waals surface area (Å²) in [6, 6.07) is 1.78. The average Bonchev–Trinajstić information content (AvgIpc) is 2.23. The number of nitrogens with zero attached hydrogens (tertiary/aromatic N) is 1. The zero-order valence-electron chi connectivity index (χ0n) is 7.21. The van der Waals surface area contributed by atoms with Gasteiger partial charge < -0.3 is 0 Å². The zero-order chi connectivity index (χ0) is 7.84. The highest BCUT2D eigenvalue weighted by molar-refractivity contribution is 4.95. The van der Waals surface area contributed by atoms with Gasteiger partial charge >= 0.3 is 0 Å². The summed E-state index contributed by atoms with van der Waals surface area (Å²) in [6.07, 6.45) is 4.97. The summed E-state index contributed by atoms with van der Waals surface area (Å²) < 4.78 is 0. The molecule has 2 heterocycles. The van der Waals surface area contributed by atoms with Crippen molar-refractivity contribution in [2.24, 2.45) is 0 Å². The fourth-order valence-electron chi connectivity index (χ4n) is 2.79. The minimum Gasteiger partial charge on any atom is -0.298 e. The van der Waals surface area contributed by atoms with Crippen molar-refractivity contribution in [2.75, 3.05) is 6.54 Å². The fraction of sp³-hybridized carbons (Fsp3) is 1.00. The Morgan fingerprint density at radius 1 is 1.27 bits per heavy atom. The molecule has 0 saturated carbocycles. The third-order valence-electron chi connectivity index (χ3n) is 3.25. The predicted molar refractivity (Wildman–Crippen MR) is 45.3 cm³/mol. The molecule has 2 aliphatic rings. The van der Waals surface area contributed by atoms with Crippen molar-refractivity contribution in [3.63, 3.8) is 0 Å². The smallest absolute Gasteiger partial charge is 0.0242 e. The summed E-state index contributed by atoms with van der Waals surface area (Å²) >= 11 is 0. The van der Waals surface area contributed by atoms with E-state index in [1.807, 2.05) is 0 Å². The lowest BCUT2D eigenvalue weighted by Gasteiger charge is -2.36. The fourth-order valence-corrected chi connectivity index (χ4v) is 2.79. The van der Waals surface area contributed by atoms with Crippen LogP contribution in [0.25, 0.3) is 0 Å². The molecule has 2 heteroatoms. The maximum Gasteiger partial charge on any atom is 0.0242 e. The molecule has 2 nitrogen and oxygen atoms in total. The number of rotatable bonds is 1. The molecule has 1 radical (unpaired) electrons. The lowest BCUT2D eigenvalue weighted by atomic mass is 9.98. The van der Waals surface area contributed by atoms with E-state index >= 15 is 0 Å². The van der Waals surface area contributed by atoms with Gasteiger partial charge in [-0.2, -0.15) is 0 Å². The van der Waals surface area contributed by atoms with E-state index in [4.69, 9.17) is 5.73 Å². The van der Waals surface area contributed by atoms with Crippen molar-refractivity contribution in [1.29, 1.82) is 0 Å². The molecule has 1 N–H and O–H groups in total. The lowest BCUT2D eigenvalue weighted by molar-refractivity contribution is 0.133. The largest absolute Gasteiger partial charge is 0.298 e. The molecule has 2 rings (SSSR count). The van der Waals surface area contributed by atoms with Crippen LogP contribution in [0.5, 0.6) is 0 Å². The van der Waals surface area contributed by atoms with Crippen molar-refractivity contribution in [3.8, 4) is 0 Å². The van der Waals surface area contributed by atoms with E-state index in [0.717, 1.165) is 24.9 Å². The number of hydrogen-bond acceptors (Lipinski definition) is 1. The first-order valence-corrected chi connectivity index (χ1v) is 4.78. The Balaban J connectivity index is 2.06. The molecule has 11 heavy (non-hydrogen) atoms. The predicted octanol–water partition coefficient (Wildman–Crippen LogP) is 1.28. The Bertz CT molecular complexity index is 132. The maximum absolute atomic E-state index is 7.71. The van der Waals surface area contributed by atoms with E-state index in [9.17, 15) is 0 Å². The van der Waals surface area contributed by atoms with Crippen LogP contribution in [0.3, 0.4) is 0 Å². The maximum atomic E-state index is 7.71. The molecule has 0 spiro atoms. The number of fused-ring (bicyclic) bond motifs is 2. The van der Waals surface area contributed by atoms with Crippen molar-refractivity contribution in [2.45, 2.75) is 50.7 Å². The minimum absolute atomic E-state index is 0.246. The van der Waals surface area contributed by atoms with Gasteiger partial charge in [0.05, 0.1) is 0 Å². The van der Waals surface area contributed by atoms with E-state index in [0.29, 0.717) is 0 Å². The first-order valence-electron chi connectivity index (χ1n) is 4.78. The van der Waals surface area contributed by atoms with Crippen LogP contribution in [0.2, 0.25) is 0 Å². The molecule has 2 fully saturated rings. The molecule has 2 aliphatic heterocycles. The molecule has 0 amide bonds. The summed E-state index contributed by atoms with van der Waals surface area (Å²) in [4.78, 5) is 2.60. The SMILES string of the molecule is CCN1C2CCC1CC([NH])C2. The quantitative estimate of drug-likeness (QED) is 0.557. The summed E-state index contributed by atoms with van der Waals surface area (Å²) in [5, 5.41) is 0. The molecular weight excluding hydrogens is 136 g/mol. The third-order valence-corrected chi connectivity index (χ3v) is 3.25. The van der Waals surface area contributed by atoms with Crippen LogP contribution in [0.1, 0.15) is 32.6 Å². The minimum atomic E-state index is 0.246. The van der Waals surface area contributed by atoms with Crippen molar-refractivity contribution < 1.29 is 0 Å². The van der Waals surface area contributed by atoms with Crippen molar-refractivity contribution >= 4 is 0 Å². The summed E-state index contributed by atoms with van der Waals surface area (Å²) in [5.41, 5.74) is 7.71.